The molecule has 1 amide bonds. The fraction of sp³-hybridized carbons (Fsp3) is 0.476. The first-order valence-corrected chi connectivity index (χ1v) is 11.2. The van der Waals surface area contributed by atoms with Gasteiger partial charge in [0, 0.05) is 6.42 Å². The minimum absolute atomic E-state index is 0.00934. The molecule has 5 atom stereocenters. The Morgan fingerprint density at radius 2 is 1.94 bits per heavy atom. The minimum Gasteiger partial charge on any atom is -0.481 e. The van der Waals surface area contributed by atoms with Crippen LogP contribution in [0.5, 0.6) is 0 Å². The topological polar surface area (TPSA) is 218 Å². The van der Waals surface area contributed by atoms with Crippen molar-refractivity contribution in [2.75, 3.05) is 25.0 Å². The number of aliphatic carboxylic acids is 1. The van der Waals surface area contributed by atoms with Crippen molar-refractivity contribution in [1.29, 1.82) is 0 Å². The lowest BCUT2D eigenvalue weighted by Crippen LogP contribution is -2.40. The number of amides is 1. The minimum atomic E-state index is -1.30. The number of carboxylic acid groups (broad SMARTS) is 1. The molecule has 1 fully saturated rings. The lowest BCUT2D eigenvalue weighted by atomic mass is 10.1. The van der Waals surface area contributed by atoms with Crippen LogP contribution in [0, 0.1) is 23.7 Å². The molecule has 0 aliphatic carbocycles. The van der Waals surface area contributed by atoms with E-state index in [-0.39, 0.29) is 42.6 Å². The fourth-order valence-electron chi connectivity index (χ4n) is 3.25. The molecule has 36 heavy (non-hydrogen) atoms. The Balaban J connectivity index is 1.55. The molecule has 3 heterocycles. The number of carboxylic acids is 1. The van der Waals surface area contributed by atoms with E-state index >= 15 is 0 Å². The predicted octanol–water partition coefficient (Wildman–Crippen LogP) is -2.55. The second-order valence-electron chi connectivity index (χ2n) is 7.64. The average Bonchev–Trinajstić information content (AvgIpc) is 3.39. The van der Waals surface area contributed by atoms with Crippen molar-refractivity contribution in [2.45, 2.75) is 48.4 Å². The summed E-state index contributed by atoms with van der Waals surface area (Å²) in [6.07, 6.45) is -3.33. The number of aromatic nitrogens is 4. The molecular formula is C21H25N7O7S. The number of hydrogen-bond acceptors (Lipinski definition) is 12. The number of imidazole rings is 1. The Morgan fingerprint density at radius 1 is 1.22 bits per heavy atom. The summed E-state index contributed by atoms with van der Waals surface area (Å²) in [7, 11) is 0. The highest BCUT2D eigenvalue weighted by Crippen LogP contribution is 2.32. The van der Waals surface area contributed by atoms with E-state index in [4.69, 9.17) is 15.6 Å². The third-order valence-electron chi connectivity index (χ3n) is 5.13. The Morgan fingerprint density at radius 3 is 2.61 bits per heavy atom. The van der Waals surface area contributed by atoms with Gasteiger partial charge < -0.3 is 41.5 Å². The van der Waals surface area contributed by atoms with E-state index in [1.807, 2.05) is 0 Å². The van der Waals surface area contributed by atoms with Gasteiger partial charge in [-0.15, -0.1) is 12.6 Å². The van der Waals surface area contributed by atoms with Gasteiger partial charge in [-0.25, -0.2) is 9.97 Å². The number of rotatable bonds is 9. The lowest BCUT2D eigenvalue weighted by molar-refractivity contribution is -0.137. The van der Waals surface area contributed by atoms with Gasteiger partial charge in [-0.1, -0.05) is 11.8 Å². The molecule has 0 bridgehead atoms. The van der Waals surface area contributed by atoms with Crippen molar-refractivity contribution >= 4 is 41.6 Å². The van der Waals surface area contributed by atoms with E-state index in [1.165, 1.54) is 10.9 Å². The number of nitrogens with one attached hydrogen (secondary N) is 2. The Hall–Kier alpha value is -3.44. The Labute approximate surface area is 210 Å². The van der Waals surface area contributed by atoms with Crippen molar-refractivity contribution in [1.82, 2.24) is 24.8 Å². The van der Waals surface area contributed by atoms with Crippen LogP contribution in [-0.4, -0.2) is 95.9 Å². The maximum atomic E-state index is 11.7. The summed E-state index contributed by atoms with van der Waals surface area (Å²) in [5.41, 5.74) is 6.23. The zero-order valence-electron chi connectivity index (χ0n) is 18.8. The molecule has 2 unspecified atom stereocenters. The third-order valence-corrected chi connectivity index (χ3v) is 5.44. The highest BCUT2D eigenvalue weighted by Gasteiger charge is 2.44. The zero-order chi connectivity index (χ0) is 26.2. The molecule has 14 nitrogen and oxygen atoms in total. The molecule has 15 heteroatoms. The number of carbonyl (C=O) groups is 2. The van der Waals surface area contributed by atoms with E-state index in [9.17, 15) is 24.9 Å². The average molecular weight is 520 g/mol. The van der Waals surface area contributed by atoms with Crippen LogP contribution >= 0.6 is 12.6 Å². The van der Waals surface area contributed by atoms with E-state index in [0.717, 1.165) is 0 Å². The number of hydrogen-bond donors (Lipinski definition) is 8. The second kappa shape index (κ2) is 12.5. The van der Waals surface area contributed by atoms with Crippen molar-refractivity contribution < 1.29 is 34.8 Å². The molecule has 8 N–H and O–H groups in total. The second-order valence-corrected chi connectivity index (χ2v) is 8.06. The van der Waals surface area contributed by atoms with Gasteiger partial charge >= 0.3 is 5.97 Å². The molecule has 2 aromatic rings. The van der Waals surface area contributed by atoms with Crippen LogP contribution in [0.2, 0.25) is 0 Å². The summed E-state index contributed by atoms with van der Waals surface area (Å²) in [5.74, 6) is 9.18. The van der Waals surface area contributed by atoms with Gasteiger partial charge in [-0.05, 0) is 18.3 Å². The molecular weight excluding hydrogens is 494 g/mol. The number of anilines is 1. The van der Waals surface area contributed by atoms with E-state index in [1.54, 1.807) is 0 Å². The van der Waals surface area contributed by atoms with E-state index in [2.05, 4.69) is 61.9 Å². The molecule has 3 rings (SSSR count). The number of nitrogens with two attached hydrogens (primary N) is 1. The molecule has 1 aliphatic heterocycles. The predicted molar refractivity (Wildman–Crippen MR) is 127 cm³/mol. The third kappa shape index (κ3) is 6.61. The van der Waals surface area contributed by atoms with E-state index in [0.29, 0.717) is 5.52 Å². The van der Waals surface area contributed by atoms with Gasteiger partial charge in [-0.2, -0.15) is 4.98 Å². The number of carbonyl (C=O) groups excluding carboxylic acids is 1. The van der Waals surface area contributed by atoms with Crippen LogP contribution in [0.3, 0.4) is 0 Å². The number of fused-ring (bicyclic) bond motifs is 1. The van der Waals surface area contributed by atoms with Crippen LogP contribution in [0.1, 0.15) is 19.1 Å². The fourth-order valence-corrected chi connectivity index (χ4v) is 3.50. The van der Waals surface area contributed by atoms with Crippen molar-refractivity contribution in [3.8, 4) is 23.7 Å². The number of ether oxygens (including phenoxy) is 1. The van der Waals surface area contributed by atoms with Crippen molar-refractivity contribution in [2.24, 2.45) is 5.73 Å². The highest BCUT2D eigenvalue weighted by molar-refractivity contribution is 7.80. The number of thiol groups is 1. The molecule has 0 saturated carbocycles. The number of aliphatic hydroxyl groups is 3. The first-order valence-electron chi connectivity index (χ1n) is 10.7. The summed E-state index contributed by atoms with van der Waals surface area (Å²) in [6, 6.07) is -0.923. The van der Waals surface area contributed by atoms with Gasteiger partial charge in [0.1, 0.15) is 28.9 Å². The quantitative estimate of drug-likeness (QED) is 0.0976. The van der Waals surface area contributed by atoms with Gasteiger partial charge in [-0.3, -0.25) is 14.2 Å². The molecule has 192 valence electrons. The summed E-state index contributed by atoms with van der Waals surface area (Å²) in [5, 5.41) is 43.9. The zero-order valence-corrected chi connectivity index (χ0v) is 19.7. The lowest BCUT2D eigenvalue weighted by Gasteiger charge is -2.16. The van der Waals surface area contributed by atoms with Gasteiger partial charge in [0.05, 0.1) is 32.1 Å². The maximum absolute atomic E-state index is 11.7. The van der Waals surface area contributed by atoms with E-state index < -0.39 is 49.1 Å². The number of nitrogens with zero attached hydrogens (tertiary/aromatic N) is 4. The Kier molecular flexibility index (Phi) is 9.43. The summed E-state index contributed by atoms with van der Waals surface area (Å²) in [6.45, 7) is -0.327. The van der Waals surface area contributed by atoms with Crippen LogP contribution < -0.4 is 16.4 Å². The monoisotopic (exact) mass is 519 g/mol. The molecule has 1 saturated heterocycles. The smallest absolute Gasteiger partial charge is 0.303 e. The standard InChI is InChI=1S/C21H25N7O7S/c22-11(5-6-13(30)31)18(34)23-7-3-1-2-4-8-24-21-26-17-14(19(36)27-21)25-10-28(17)20-16(33)15(32)12(9-29)35-20/h10-12,15-16,20,29,32-33H,5-9,22H2,(H,23,34)(H,30,31)(H2,24,26,27,36)/t11?,12-,15?,16+,20-/m1/s1. The SMILES string of the molecule is NC(CCC(=O)O)C(=O)NCC#CC#CCNc1nc(S)c2ncn([C@@H]3O[C@H](CO)C(O)[C@@H]3O)c2n1. The largest absolute Gasteiger partial charge is 0.481 e. The van der Waals surface area contributed by atoms with Gasteiger partial charge in [0.25, 0.3) is 0 Å². The normalized spacial score (nSPS) is 21.7. The van der Waals surface area contributed by atoms with Crippen LogP contribution in [-0.2, 0) is 14.3 Å². The summed E-state index contributed by atoms with van der Waals surface area (Å²) in [4.78, 5) is 34.9. The van der Waals surface area contributed by atoms with Crippen LogP contribution in [0.4, 0.5) is 5.95 Å². The maximum Gasteiger partial charge on any atom is 0.303 e. The first-order chi connectivity index (χ1) is 17.2. The molecule has 0 spiro atoms. The molecule has 1 aliphatic rings. The van der Waals surface area contributed by atoms with Crippen molar-refractivity contribution in [3.05, 3.63) is 6.33 Å². The van der Waals surface area contributed by atoms with Gasteiger partial charge in [0.15, 0.2) is 11.9 Å². The molecule has 0 radical (unpaired) electrons. The van der Waals surface area contributed by atoms with Crippen molar-refractivity contribution in [3.63, 3.8) is 0 Å². The number of aliphatic hydroxyl groups excluding tert-OH is 3. The highest BCUT2D eigenvalue weighted by atomic mass is 32.1. The Bertz CT molecular complexity index is 1230. The molecule has 0 aromatic carbocycles. The summed E-state index contributed by atoms with van der Waals surface area (Å²) >= 11 is 4.32. The summed E-state index contributed by atoms with van der Waals surface area (Å²) < 4.78 is 6.96. The van der Waals surface area contributed by atoms with Gasteiger partial charge in [0.2, 0.25) is 11.9 Å². The van der Waals surface area contributed by atoms with Crippen LogP contribution in [0.15, 0.2) is 11.4 Å². The first kappa shape index (κ1) is 27.2. The van der Waals surface area contributed by atoms with Crippen LogP contribution in [0.25, 0.3) is 11.2 Å². The molecule has 2 aromatic heterocycles.